The first kappa shape index (κ1) is 20.2. The van der Waals surface area contributed by atoms with E-state index in [1.165, 1.54) is 12.8 Å². The molecule has 2 fully saturated rings. The highest BCUT2D eigenvalue weighted by molar-refractivity contribution is 5.84. The van der Waals surface area contributed by atoms with Crippen molar-refractivity contribution in [3.8, 4) is 0 Å². The van der Waals surface area contributed by atoms with Gasteiger partial charge in [0, 0.05) is 5.69 Å². The molecule has 0 aliphatic heterocycles. The second-order valence-electron chi connectivity index (χ2n) is 9.76. The van der Waals surface area contributed by atoms with Gasteiger partial charge in [-0.05, 0) is 73.8 Å². The zero-order valence-electron chi connectivity index (χ0n) is 17.3. The Morgan fingerprint density at radius 3 is 2.56 bits per heavy atom. The lowest BCUT2D eigenvalue weighted by molar-refractivity contribution is -0.171. The van der Waals surface area contributed by atoms with E-state index in [4.69, 9.17) is 4.74 Å². The van der Waals surface area contributed by atoms with Gasteiger partial charge < -0.3 is 9.84 Å². The molecular formula is C23H35NO3. The number of hydrogen-bond donors (Lipinski definition) is 2. The molecule has 2 aliphatic carbocycles. The van der Waals surface area contributed by atoms with E-state index in [0.29, 0.717) is 24.4 Å². The third kappa shape index (κ3) is 4.16. The maximum absolute atomic E-state index is 12.1. The van der Waals surface area contributed by atoms with E-state index in [1.54, 1.807) is 0 Å². The van der Waals surface area contributed by atoms with E-state index in [-0.39, 0.29) is 11.3 Å². The van der Waals surface area contributed by atoms with Gasteiger partial charge in [0.05, 0.1) is 12.2 Å². The average molecular weight is 374 g/mol. The van der Waals surface area contributed by atoms with Gasteiger partial charge in [0.1, 0.15) is 0 Å². The summed E-state index contributed by atoms with van der Waals surface area (Å²) in [7, 11) is 0. The van der Waals surface area contributed by atoms with Gasteiger partial charge in [0.2, 0.25) is 0 Å². The third-order valence-electron chi connectivity index (χ3n) is 7.42. The number of benzene rings is 1. The highest BCUT2D eigenvalue weighted by Gasteiger charge is 2.57. The molecule has 27 heavy (non-hydrogen) atoms. The fourth-order valence-corrected chi connectivity index (χ4v) is 6.21. The Morgan fingerprint density at radius 1 is 1.15 bits per heavy atom. The minimum absolute atomic E-state index is 0.1000. The molecular weight excluding hydrogens is 338 g/mol. The Morgan fingerprint density at radius 2 is 1.85 bits per heavy atom. The summed E-state index contributed by atoms with van der Waals surface area (Å²) in [6.45, 7) is 9.44. The molecule has 0 unspecified atom stereocenters. The molecule has 0 saturated heterocycles. The van der Waals surface area contributed by atoms with Crippen molar-refractivity contribution < 1.29 is 14.6 Å². The number of nitrogens with one attached hydrogen (secondary N) is 1. The van der Waals surface area contributed by atoms with Gasteiger partial charge in [-0.3, -0.25) is 5.32 Å². The Balaban J connectivity index is 1.64. The third-order valence-corrected chi connectivity index (χ3v) is 7.42. The van der Waals surface area contributed by atoms with Gasteiger partial charge in [0.25, 0.3) is 0 Å². The van der Waals surface area contributed by atoms with Gasteiger partial charge >= 0.3 is 6.09 Å². The maximum Gasteiger partial charge on any atom is 0.411 e. The number of rotatable bonds is 4. The summed E-state index contributed by atoms with van der Waals surface area (Å²) in [4.78, 5) is 12.1. The van der Waals surface area contributed by atoms with E-state index >= 15 is 0 Å². The van der Waals surface area contributed by atoms with Crippen LogP contribution in [0.5, 0.6) is 0 Å². The van der Waals surface area contributed by atoms with Gasteiger partial charge in [-0.1, -0.05) is 45.4 Å². The SMILES string of the molecule is CC1(C)CCC[C@]2(C)[C@@H]1CC[C@@](C)(O)[C@@H]2CCOC(=O)Nc1ccccc1. The van der Waals surface area contributed by atoms with Crippen LogP contribution in [0.25, 0.3) is 0 Å². The number of carbonyl (C=O) groups excluding carboxylic acids is 1. The van der Waals surface area contributed by atoms with Crippen molar-refractivity contribution in [2.24, 2.45) is 22.7 Å². The first-order chi connectivity index (χ1) is 12.7. The largest absolute Gasteiger partial charge is 0.449 e. The maximum atomic E-state index is 12.1. The Kier molecular flexibility index (Phi) is 5.58. The topological polar surface area (TPSA) is 58.6 Å². The van der Waals surface area contributed by atoms with E-state index in [1.807, 2.05) is 37.3 Å². The number of amides is 1. The molecule has 0 bridgehead atoms. The highest BCUT2D eigenvalue weighted by Crippen LogP contribution is 2.62. The second kappa shape index (κ2) is 7.46. The minimum Gasteiger partial charge on any atom is -0.449 e. The second-order valence-corrected chi connectivity index (χ2v) is 9.76. The fraction of sp³-hybridized carbons (Fsp3) is 0.696. The van der Waals surface area contributed by atoms with Gasteiger partial charge in [-0.2, -0.15) is 0 Å². The lowest BCUT2D eigenvalue weighted by atomic mass is 9.45. The van der Waals surface area contributed by atoms with Gasteiger partial charge in [0.15, 0.2) is 0 Å². The van der Waals surface area contributed by atoms with Gasteiger partial charge in [-0.15, -0.1) is 0 Å². The summed E-state index contributed by atoms with van der Waals surface area (Å²) >= 11 is 0. The number of anilines is 1. The van der Waals surface area contributed by atoms with Crippen molar-refractivity contribution in [2.45, 2.75) is 71.8 Å². The van der Waals surface area contributed by atoms with Crippen molar-refractivity contribution in [2.75, 3.05) is 11.9 Å². The molecule has 0 spiro atoms. The summed E-state index contributed by atoms with van der Waals surface area (Å²) in [5.74, 6) is 0.759. The van der Waals surface area contributed by atoms with Crippen LogP contribution in [-0.2, 0) is 4.74 Å². The van der Waals surface area contributed by atoms with Crippen molar-refractivity contribution in [3.63, 3.8) is 0 Å². The van der Waals surface area contributed by atoms with Crippen molar-refractivity contribution in [1.29, 1.82) is 0 Å². The van der Waals surface area contributed by atoms with Gasteiger partial charge in [-0.25, -0.2) is 4.79 Å². The van der Waals surface area contributed by atoms with Crippen LogP contribution >= 0.6 is 0 Å². The molecule has 1 aromatic rings. The van der Waals surface area contributed by atoms with E-state index in [0.717, 1.165) is 24.9 Å². The summed E-state index contributed by atoms with van der Waals surface area (Å²) in [5, 5.41) is 13.9. The predicted octanol–water partition coefficient (Wildman–Crippen LogP) is 5.62. The number of carbonyl (C=O) groups is 1. The normalized spacial score (nSPS) is 35.1. The molecule has 2 N–H and O–H groups in total. The van der Waals surface area contributed by atoms with Crippen LogP contribution in [0, 0.1) is 22.7 Å². The monoisotopic (exact) mass is 373 g/mol. The lowest BCUT2D eigenvalue weighted by Crippen LogP contribution is -2.57. The molecule has 3 rings (SSSR count). The number of aliphatic hydroxyl groups is 1. The smallest absolute Gasteiger partial charge is 0.411 e. The Labute approximate surface area is 163 Å². The average Bonchev–Trinajstić information content (AvgIpc) is 2.57. The van der Waals surface area contributed by atoms with Crippen LogP contribution in [0.2, 0.25) is 0 Å². The first-order valence-corrected chi connectivity index (χ1v) is 10.4. The Hall–Kier alpha value is -1.55. The molecule has 0 radical (unpaired) electrons. The Bertz CT molecular complexity index is 655. The molecule has 1 amide bonds. The van der Waals surface area contributed by atoms with E-state index in [2.05, 4.69) is 26.1 Å². The summed E-state index contributed by atoms with van der Waals surface area (Å²) in [6, 6.07) is 9.33. The lowest BCUT2D eigenvalue weighted by Gasteiger charge is -2.61. The minimum atomic E-state index is -0.696. The molecule has 150 valence electrons. The molecule has 2 saturated carbocycles. The molecule has 2 aliphatic rings. The van der Waals surface area contributed by atoms with E-state index < -0.39 is 11.7 Å². The van der Waals surface area contributed by atoms with Crippen LogP contribution in [0.3, 0.4) is 0 Å². The van der Waals surface area contributed by atoms with Crippen molar-refractivity contribution in [1.82, 2.24) is 0 Å². The molecule has 4 atom stereocenters. The van der Waals surface area contributed by atoms with Crippen LogP contribution in [-0.4, -0.2) is 23.4 Å². The fourth-order valence-electron chi connectivity index (χ4n) is 6.21. The molecule has 4 nitrogen and oxygen atoms in total. The number of para-hydroxylation sites is 1. The zero-order valence-corrected chi connectivity index (χ0v) is 17.3. The zero-order chi connectivity index (χ0) is 19.7. The first-order valence-electron chi connectivity index (χ1n) is 10.4. The summed E-state index contributed by atoms with van der Waals surface area (Å²) in [6.07, 6.45) is 5.82. The quantitative estimate of drug-likeness (QED) is 0.720. The highest BCUT2D eigenvalue weighted by atomic mass is 16.5. The standard InChI is InChI=1S/C23H35NO3/c1-21(2)13-8-14-22(3)18(21)11-15-23(4,26)19(22)12-16-27-20(25)24-17-9-6-5-7-10-17/h5-7,9-10,18-19,26H,8,11-16H2,1-4H3,(H,24,25)/t18-,19-,22-,23-/m1/s1. The molecule has 0 heterocycles. The van der Waals surface area contributed by atoms with Crippen LogP contribution in [0.15, 0.2) is 30.3 Å². The van der Waals surface area contributed by atoms with Crippen molar-refractivity contribution in [3.05, 3.63) is 30.3 Å². The van der Waals surface area contributed by atoms with Crippen LogP contribution in [0.1, 0.15) is 66.2 Å². The predicted molar refractivity (Wildman–Crippen MR) is 109 cm³/mol. The number of fused-ring (bicyclic) bond motifs is 1. The number of hydrogen-bond acceptors (Lipinski definition) is 3. The van der Waals surface area contributed by atoms with Crippen LogP contribution < -0.4 is 5.32 Å². The summed E-state index contributed by atoms with van der Waals surface area (Å²) in [5.41, 5.74) is 0.446. The van der Waals surface area contributed by atoms with Crippen molar-refractivity contribution >= 4 is 11.8 Å². The summed E-state index contributed by atoms with van der Waals surface area (Å²) < 4.78 is 5.46. The number of ether oxygens (including phenoxy) is 1. The molecule has 4 heteroatoms. The molecule has 1 aromatic carbocycles. The van der Waals surface area contributed by atoms with Crippen LogP contribution in [0.4, 0.5) is 10.5 Å². The molecule has 0 aromatic heterocycles. The van der Waals surface area contributed by atoms with E-state index in [9.17, 15) is 9.90 Å².